The smallest absolute Gasteiger partial charge is 0.129 e. The zero-order valence-corrected chi connectivity index (χ0v) is 11.0. The Balaban J connectivity index is 2.34. The standard InChI is InChI=1S/C12H13BrFN3/c1-8-16-6-11(5-15)17(8)7-9-2-3-10(13)4-12(9)14/h2-4,6H,5,7,15H2,1H3. The maximum atomic E-state index is 13.7. The highest BCUT2D eigenvalue weighted by molar-refractivity contribution is 9.10. The van der Waals surface area contributed by atoms with Crippen LogP contribution < -0.4 is 5.73 Å². The van der Waals surface area contributed by atoms with Gasteiger partial charge in [-0.25, -0.2) is 9.37 Å². The zero-order valence-electron chi connectivity index (χ0n) is 9.45. The molecule has 0 saturated carbocycles. The molecule has 2 rings (SSSR count). The maximum absolute atomic E-state index is 13.7. The first-order chi connectivity index (χ1) is 8.11. The summed E-state index contributed by atoms with van der Waals surface area (Å²) in [7, 11) is 0. The molecular formula is C12H13BrFN3. The highest BCUT2D eigenvalue weighted by Gasteiger charge is 2.09. The first-order valence-electron chi connectivity index (χ1n) is 5.27. The first kappa shape index (κ1) is 12.3. The number of benzene rings is 1. The Morgan fingerprint density at radius 1 is 1.47 bits per heavy atom. The Labute approximate surface area is 108 Å². The molecule has 5 heteroatoms. The lowest BCUT2D eigenvalue weighted by Crippen LogP contribution is -2.10. The number of hydrogen-bond donors (Lipinski definition) is 1. The SMILES string of the molecule is Cc1ncc(CN)n1Cc1ccc(Br)cc1F. The van der Waals surface area contributed by atoms with Crippen molar-refractivity contribution in [3.8, 4) is 0 Å². The topological polar surface area (TPSA) is 43.8 Å². The van der Waals surface area contributed by atoms with Crippen LogP contribution in [0.3, 0.4) is 0 Å². The Kier molecular flexibility index (Phi) is 3.59. The van der Waals surface area contributed by atoms with E-state index in [1.807, 2.05) is 17.6 Å². The molecule has 0 saturated heterocycles. The van der Waals surface area contributed by atoms with Gasteiger partial charge in [-0.2, -0.15) is 0 Å². The molecule has 90 valence electrons. The molecule has 0 aliphatic heterocycles. The monoisotopic (exact) mass is 297 g/mol. The summed E-state index contributed by atoms with van der Waals surface area (Å²) in [4.78, 5) is 4.18. The van der Waals surface area contributed by atoms with E-state index in [0.717, 1.165) is 16.0 Å². The van der Waals surface area contributed by atoms with Crippen LogP contribution in [0, 0.1) is 12.7 Å². The Morgan fingerprint density at radius 2 is 2.24 bits per heavy atom. The molecule has 2 N–H and O–H groups in total. The predicted molar refractivity (Wildman–Crippen MR) is 68.1 cm³/mol. The highest BCUT2D eigenvalue weighted by Crippen LogP contribution is 2.17. The van der Waals surface area contributed by atoms with Crippen molar-refractivity contribution in [2.45, 2.75) is 20.0 Å². The zero-order chi connectivity index (χ0) is 12.4. The summed E-state index contributed by atoms with van der Waals surface area (Å²) in [6.45, 7) is 2.74. The van der Waals surface area contributed by atoms with E-state index in [-0.39, 0.29) is 5.82 Å². The van der Waals surface area contributed by atoms with Crippen LogP contribution in [-0.2, 0) is 13.1 Å². The molecule has 0 radical (unpaired) electrons. The lowest BCUT2D eigenvalue weighted by Gasteiger charge is -2.10. The van der Waals surface area contributed by atoms with Gasteiger partial charge in [-0.15, -0.1) is 0 Å². The van der Waals surface area contributed by atoms with Gasteiger partial charge in [-0.3, -0.25) is 0 Å². The summed E-state index contributed by atoms with van der Waals surface area (Å²) in [6, 6.07) is 5.05. The fraction of sp³-hybridized carbons (Fsp3) is 0.250. The first-order valence-corrected chi connectivity index (χ1v) is 6.06. The van der Waals surface area contributed by atoms with Crippen molar-refractivity contribution in [2.75, 3.05) is 0 Å². The van der Waals surface area contributed by atoms with Crippen molar-refractivity contribution in [1.29, 1.82) is 0 Å². The van der Waals surface area contributed by atoms with Gasteiger partial charge in [0.15, 0.2) is 0 Å². The molecule has 1 heterocycles. The number of aromatic nitrogens is 2. The predicted octanol–water partition coefficient (Wildman–Crippen LogP) is 2.60. The second-order valence-electron chi connectivity index (χ2n) is 3.82. The molecule has 0 amide bonds. The number of hydrogen-bond acceptors (Lipinski definition) is 2. The van der Waals surface area contributed by atoms with Gasteiger partial charge in [-0.1, -0.05) is 22.0 Å². The third kappa shape index (κ3) is 2.56. The maximum Gasteiger partial charge on any atom is 0.129 e. The third-order valence-corrected chi connectivity index (χ3v) is 3.18. The summed E-state index contributed by atoms with van der Waals surface area (Å²) in [5.74, 6) is 0.614. The summed E-state index contributed by atoms with van der Waals surface area (Å²) < 4.78 is 16.4. The number of rotatable bonds is 3. The highest BCUT2D eigenvalue weighted by atomic mass is 79.9. The summed E-state index contributed by atoms with van der Waals surface area (Å²) in [5.41, 5.74) is 7.15. The quantitative estimate of drug-likeness (QED) is 0.946. The van der Waals surface area contributed by atoms with E-state index in [4.69, 9.17) is 5.73 Å². The number of aryl methyl sites for hydroxylation is 1. The van der Waals surface area contributed by atoms with Crippen LogP contribution in [-0.4, -0.2) is 9.55 Å². The van der Waals surface area contributed by atoms with Crippen LogP contribution in [0.1, 0.15) is 17.1 Å². The van der Waals surface area contributed by atoms with Crippen molar-refractivity contribution in [1.82, 2.24) is 9.55 Å². The van der Waals surface area contributed by atoms with E-state index in [2.05, 4.69) is 20.9 Å². The minimum atomic E-state index is -0.226. The van der Waals surface area contributed by atoms with E-state index in [0.29, 0.717) is 18.7 Å². The van der Waals surface area contributed by atoms with Crippen LogP contribution in [0.25, 0.3) is 0 Å². The minimum absolute atomic E-state index is 0.226. The van der Waals surface area contributed by atoms with E-state index in [1.54, 1.807) is 12.3 Å². The molecule has 1 aromatic heterocycles. The lowest BCUT2D eigenvalue weighted by atomic mass is 10.2. The van der Waals surface area contributed by atoms with Crippen molar-refractivity contribution in [3.63, 3.8) is 0 Å². The van der Waals surface area contributed by atoms with Gasteiger partial charge in [0.2, 0.25) is 0 Å². The molecule has 2 aromatic rings. The normalized spacial score (nSPS) is 10.8. The summed E-state index contributed by atoms with van der Waals surface area (Å²) >= 11 is 3.24. The average molecular weight is 298 g/mol. The molecule has 3 nitrogen and oxygen atoms in total. The van der Waals surface area contributed by atoms with Gasteiger partial charge < -0.3 is 10.3 Å². The van der Waals surface area contributed by atoms with Gasteiger partial charge in [0, 0.05) is 22.8 Å². The van der Waals surface area contributed by atoms with Gasteiger partial charge in [0.1, 0.15) is 11.6 Å². The molecule has 0 spiro atoms. The summed E-state index contributed by atoms with van der Waals surface area (Å²) in [5, 5.41) is 0. The second kappa shape index (κ2) is 4.98. The molecule has 1 aromatic carbocycles. The van der Waals surface area contributed by atoms with Crippen molar-refractivity contribution < 1.29 is 4.39 Å². The van der Waals surface area contributed by atoms with Crippen LogP contribution in [0.4, 0.5) is 4.39 Å². The van der Waals surface area contributed by atoms with Crippen LogP contribution >= 0.6 is 15.9 Å². The van der Waals surface area contributed by atoms with Crippen LogP contribution in [0.15, 0.2) is 28.9 Å². The number of halogens is 2. The minimum Gasteiger partial charge on any atom is -0.326 e. The van der Waals surface area contributed by atoms with Crippen molar-refractivity contribution in [2.24, 2.45) is 5.73 Å². The molecule has 0 unspecified atom stereocenters. The van der Waals surface area contributed by atoms with Crippen molar-refractivity contribution in [3.05, 3.63) is 51.8 Å². The van der Waals surface area contributed by atoms with Gasteiger partial charge in [0.25, 0.3) is 0 Å². The van der Waals surface area contributed by atoms with E-state index in [1.165, 1.54) is 6.07 Å². The average Bonchev–Trinajstić information content (AvgIpc) is 2.64. The van der Waals surface area contributed by atoms with Crippen LogP contribution in [0.2, 0.25) is 0 Å². The second-order valence-corrected chi connectivity index (χ2v) is 4.74. The van der Waals surface area contributed by atoms with Gasteiger partial charge in [0.05, 0.1) is 12.2 Å². The number of nitrogens with two attached hydrogens (primary N) is 1. The van der Waals surface area contributed by atoms with E-state index in [9.17, 15) is 4.39 Å². The Morgan fingerprint density at radius 3 is 2.88 bits per heavy atom. The van der Waals surface area contributed by atoms with E-state index >= 15 is 0 Å². The van der Waals surface area contributed by atoms with Crippen LogP contribution in [0.5, 0.6) is 0 Å². The number of imidazole rings is 1. The lowest BCUT2D eigenvalue weighted by molar-refractivity contribution is 0.591. The fourth-order valence-corrected chi connectivity index (χ4v) is 2.05. The molecule has 0 bridgehead atoms. The van der Waals surface area contributed by atoms with Gasteiger partial charge >= 0.3 is 0 Å². The molecule has 0 fully saturated rings. The fourth-order valence-electron chi connectivity index (χ4n) is 1.71. The molecule has 17 heavy (non-hydrogen) atoms. The number of nitrogens with zero attached hydrogens (tertiary/aromatic N) is 2. The largest absolute Gasteiger partial charge is 0.326 e. The molecule has 0 aliphatic rings. The summed E-state index contributed by atoms with van der Waals surface area (Å²) in [6.07, 6.45) is 1.73. The third-order valence-electron chi connectivity index (χ3n) is 2.69. The molecule has 0 atom stereocenters. The molecule has 0 aliphatic carbocycles. The Bertz CT molecular complexity index is 537. The van der Waals surface area contributed by atoms with Crippen molar-refractivity contribution >= 4 is 15.9 Å². The Hall–Kier alpha value is -1.20. The van der Waals surface area contributed by atoms with E-state index < -0.39 is 0 Å². The molecular weight excluding hydrogens is 285 g/mol. The van der Waals surface area contributed by atoms with Gasteiger partial charge in [-0.05, 0) is 19.1 Å².